The summed E-state index contributed by atoms with van der Waals surface area (Å²) in [6.45, 7) is 2.23. The Morgan fingerprint density at radius 2 is 1.90 bits per heavy atom. The second-order valence-electron chi connectivity index (χ2n) is 7.07. The first kappa shape index (κ1) is 22.8. The first-order valence-corrected chi connectivity index (χ1v) is 10.3. The maximum absolute atomic E-state index is 14.6. The van der Waals surface area contributed by atoms with Crippen molar-refractivity contribution in [3.63, 3.8) is 0 Å². The predicted octanol–water partition coefficient (Wildman–Crippen LogP) is 4.74. The van der Waals surface area contributed by atoms with Gasteiger partial charge in [0.2, 0.25) is 0 Å². The van der Waals surface area contributed by atoms with Crippen molar-refractivity contribution < 1.29 is 18.3 Å². The number of halogens is 2. The third-order valence-corrected chi connectivity index (χ3v) is 4.79. The average molecular weight is 408 g/mol. The van der Waals surface area contributed by atoms with Crippen molar-refractivity contribution >= 4 is 5.91 Å². The van der Waals surface area contributed by atoms with Crippen LogP contribution >= 0.6 is 0 Å². The van der Waals surface area contributed by atoms with E-state index in [4.69, 9.17) is 4.74 Å². The lowest BCUT2D eigenvalue weighted by Gasteiger charge is -2.11. The van der Waals surface area contributed by atoms with Crippen LogP contribution in [0.5, 0.6) is 5.75 Å². The SMILES string of the molecule is CCc1cc(C(=O)NCc2cccc(OCCCCCCCCF)c2F)n(C)n1. The summed E-state index contributed by atoms with van der Waals surface area (Å²) in [4.78, 5) is 12.4. The van der Waals surface area contributed by atoms with E-state index in [1.807, 2.05) is 6.92 Å². The van der Waals surface area contributed by atoms with Gasteiger partial charge in [-0.2, -0.15) is 5.10 Å². The number of aromatic nitrogens is 2. The van der Waals surface area contributed by atoms with Crippen LogP contribution in [-0.2, 0) is 20.0 Å². The van der Waals surface area contributed by atoms with Crippen molar-refractivity contribution in [1.29, 1.82) is 0 Å². The fourth-order valence-electron chi connectivity index (χ4n) is 3.07. The average Bonchev–Trinajstić information content (AvgIpc) is 3.11. The molecule has 2 aromatic rings. The largest absolute Gasteiger partial charge is 0.491 e. The Balaban J connectivity index is 1.80. The fraction of sp³-hybridized carbons (Fsp3) is 0.545. The van der Waals surface area contributed by atoms with Crippen molar-refractivity contribution in [2.24, 2.45) is 7.05 Å². The molecule has 1 amide bonds. The van der Waals surface area contributed by atoms with Crippen LogP contribution in [0.15, 0.2) is 24.3 Å². The van der Waals surface area contributed by atoms with Crippen molar-refractivity contribution in [2.45, 2.75) is 58.4 Å². The second kappa shape index (κ2) is 12.2. The van der Waals surface area contributed by atoms with Crippen molar-refractivity contribution in [1.82, 2.24) is 15.1 Å². The fourth-order valence-corrected chi connectivity index (χ4v) is 3.07. The van der Waals surface area contributed by atoms with E-state index in [9.17, 15) is 13.6 Å². The highest BCUT2D eigenvalue weighted by molar-refractivity contribution is 5.92. The number of carbonyl (C=O) groups excluding carboxylic acids is 1. The number of benzene rings is 1. The molecule has 0 spiro atoms. The third kappa shape index (κ3) is 7.15. The molecule has 0 saturated carbocycles. The molecule has 29 heavy (non-hydrogen) atoms. The van der Waals surface area contributed by atoms with E-state index >= 15 is 0 Å². The monoisotopic (exact) mass is 407 g/mol. The molecule has 1 heterocycles. The molecular weight excluding hydrogens is 376 g/mol. The smallest absolute Gasteiger partial charge is 0.269 e. The first-order valence-electron chi connectivity index (χ1n) is 10.3. The summed E-state index contributed by atoms with van der Waals surface area (Å²) in [5.74, 6) is -0.545. The number of rotatable bonds is 13. The summed E-state index contributed by atoms with van der Waals surface area (Å²) in [5.41, 5.74) is 1.66. The van der Waals surface area contributed by atoms with Crippen LogP contribution in [0.4, 0.5) is 8.78 Å². The van der Waals surface area contributed by atoms with Crippen molar-refractivity contribution in [3.8, 4) is 5.75 Å². The summed E-state index contributed by atoms with van der Waals surface area (Å²) < 4.78 is 33.8. The van der Waals surface area contributed by atoms with Gasteiger partial charge in [0.25, 0.3) is 5.91 Å². The quantitative estimate of drug-likeness (QED) is 0.488. The van der Waals surface area contributed by atoms with Gasteiger partial charge in [0.1, 0.15) is 5.69 Å². The van der Waals surface area contributed by atoms with E-state index in [0.29, 0.717) is 24.3 Å². The molecule has 7 heteroatoms. The van der Waals surface area contributed by atoms with Gasteiger partial charge in [0.05, 0.1) is 19.0 Å². The second-order valence-corrected chi connectivity index (χ2v) is 7.07. The van der Waals surface area contributed by atoms with Crippen LogP contribution in [0, 0.1) is 5.82 Å². The molecule has 1 N–H and O–H groups in total. The lowest BCUT2D eigenvalue weighted by Crippen LogP contribution is -2.25. The van der Waals surface area contributed by atoms with Gasteiger partial charge in [-0.3, -0.25) is 13.9 Å². The van der Waals surface area contributed by atoms with Crippen LogP contribution in [0.25, 0.3) is 0 Å². The Hall–Kier alpha value is -2.44. The topological polar surface area (TPSA) is 56.1 Å². The molecule has 0 fully saturated rings. The number of amides is 1. The van der Waals surface area contributed by atoms with Gasteiger partial charge in [-0.25, -0.2) is 4.39 Å². The maximum Gasteiger partial charge on any atom is 0.269 e. The lowest BCUT2D eigenvalue weighted by atomic mass is 10.1. The van der Waals surface area contributed by atoms with Crippen LogP contribution < -0.4 is 10.1 Å². The number of nitrogens with one attached hydrogen (secondary N) is 1. The molecule has 5 nitrogen and oxygen atoms in total. The van der Waals surface area contributed by atoms with Crippen molar-refractivity contribution in [2.75, 3.05) is 13.3 Å². The van der Waals surface area contributed by atoms with E-state index in [-0.39, 0.29) is 24.9 Å². The molecule has 160 valence electrons. The van der Waals surface area contributed by atoms with E-state index in [1.165, 1.54) is 4.68 Å². The maximum atomic E-state index is 14.6. The molecule has 0 unspecified atom stereocenters. The molecule has 0 saturated heterocycles. The molecule has 0 aliphatic rings. The minimum atomic E-state index is -0.449. The molecule has 1 aromatic heterocycles. The first-order chi connectivity index (χ1) is 14.1. The van der Waals surface area contributed by atoms with Gasteiger partial charge in [-0.1, -0.05) is 44.7 Å². The van der Waals surface area contributed by atoms with E-state index < -0.39 is 5.82 Å². The number of carbonyl (C=O) groups is 1. The molecule has 0 radical (unpaired) electrons. The van der Waals surface area contributed by atoms with Crippen LogP contribution in [0.2, 0.25) is 0 Å². The number of hydrogen-bond acceptors (Lipinski definition) is 3. The number of hydrogen-bond donors (Lipinski definition) is 1. The molecule has 0 aliphatic carbocycles. The number of unbranched alkanes of at least 4 members (excludes halogenated alkanes) is 5. The lowest BCUT2D eigenvalue weighted by molar-refractivity contribution is 0.0941. The third-order valence-electron chi connectivity index (χ3n) is 4.79. The highest BCUT2D eigenvalue weighted by Crippen LogP contribution is 2.21. The normalized spacial score (nSPS) is 10.9. The zero-order valence-corrected chi connectivity index (χ0v) is 17.3. The van der Waals surface area contributed by atoms with Crippen LogP contribution in [-0.4, -0.2) is 29.0 Å². The van der Waals surface area contributed by atoms with Gasteiger partial charge < -0.3 is 10.1 Å². The minimum Gasteiger partial charge on any atom is -0.491 e. The van der Waals surface area contributed by atoms with E-state index in [1.54, 1.807) is 31.3 Å². The Kier molecular flexibility index (Phi) is 9.60. The zero-order chi connectivity index (χ0) is 21.1. The Labute approximate surface area is 171 Å². The standard InChI is InChI=1S/C22H31F2N3O2/c1-3-18-15-19(27(2)26-18)22(28)25-16-17-11-10-12-20(21(17)24)29-14-9-7-5-4-6-8-13-23/h10-12,15H,3-9,13-14,16H2,1-2H3,(H,25,28). The van der Waals surface area contributed by atoms with Crippen molar-refractivity contribution in [3.05, 3.63) is 47.0 Å². The summed E-state index contributed by atoms with van der Waals surface area (Å²) >= 11 is 0. The number of alkyl halides is 1. The molecule has 0 bridgehead atoms. The van der Waals surface area contributed by atoms with Gasteiger partial charge in [-0.05, 0) is 31.4 Å². The summed E-state index contributed by atoms with van der Waals surface area (Å²) in [5, 5.41) is 6.99. The summed E-state index contributed by atoms with van der Waals surface area (Å²) in [7, 11) is 1.71. The highest BCUT2D eigenvalue weighted by atomic mass is 19.1. The van der Waals surface area contributed by atoms with Crippen LogP contribution in [0.1, 0.15) is 67.2 Å². The van der Waals surface area contributed by atoms with Gasteiger partial charge in [-0.15, -0.1) is 0 Å². The molecule has 0 aliphatic heterocycles. The predicted molar refractivity (Wildman–Crippen MR) is 109 cm³/mol. The molecule has 2 rings (SSSR count). The molecule has 0 atom stereocenters. The molecular formula is C22H31F2N3O2. The Bertz CT molecular complexity index is 777. The Morgan fingerprint density at radius 3 is 2.59 bits per heavy atom. The van der Waals surface area contributed by atoms with Gasteiger partial charge in [0, 0.05) is 19.2 Å². The summed E-state index contributed by atoms with van der Waals surface area (Å²) in [6, 6.07) is 6.68. The summed E-state index contributed by atoms with van der Waals surface area (Å²) in [6.07, 6.45) is 6.15. The molecule has 1 aromatic carbocycles. The van der Waals surface area contributed by atoms with Gasteiger partial charge in [0.15, 0.2) is 11.6 Å². The van der Waals surface area contributed by atoms with Gasteiger partial charge >= 0.3 is 0 Å². The number of aryl methyl sites for hydroxylation is 2. The number of ether oxygens (including phenoxy) is 1. The minimum absolute atomic E-state index is 0.0725. The van der Waals surface area contributed by atoms with Crippen LogP contribution in [0.3, 0.4) is 0 Å². The van der Waals surface area contributed by atoms with E-state index in [0.717, 1.165) is 44.2 Å². The highest BCUT2D eigenvalue weighted by Gasteiger charge is 2.14. The van der Waals surface area contributed by atoms with E-state index in [2.05, 4.69) is 10.4 Å². The number of nitrogens with zero attached hydrogens (tertiary/aromatic N) is 2. The Morgan fingerprint density at radius 1 is 1.17 bits per heavy atom. The zero-order valence-electron chi connectivity index (χ0n) is 17.3.